The highest BCUT2D eigenvalue weighted by Crippen LogP contribution is 2.26. The molecule has 2 heterocycles. The lowest BCUT2D eigenvalue weighted by molar-refractivity contribution is 0.102. The van der Waals surface area contributed by atoms with Crippen LogP contribution in [-0.2, 0) is 0 Å². The smallest absolute Gasteiger partial charge is 0.278 e. The van der Waals surface area contributed by atoms with E-state index in [1.165, 1.54) is 4.70 Å². The summed E-state index contributed by atoms with van der Waals surface area (Å²) in [6.07, 6.45) is 0. The molecule has 0 saturated heterocycles. The molecule has 0 aliphatic carbocycles. The number of rotatable bonds is 3. The van der Waals surface area contributed by atoms with E-state index in [1.807, 2.05) is 43.5 Å². The molecule has 0 radical (unpaired) electrons. The number of nitrogen functional groups attached to an aromatic ring is 1. The highest BCUT2D eigenvalue weighted by Gasteiger charge is 2.19. The van der Waals surface area contributed by atoms with Gasteiger partial charge in [0.05, 0.1) is 11.4 Å². The van der Waals surface area contributed by atoms with E-state index >= 15 is 0 Å². The monoisotopic (exact) mass is 300 g/mol. The van der Waals surface area contributed by atoms with Crippen LogP contribution in [0.2, 0.25) is 0 Å². The Bertz CT molecular complexity index is 803. The van der Waals surface area contributed by atoms with Gasteiger partial charge in [-0.15, -0.1) is 11.3 Å². The van der Waals surface area contributed by atoms with Crippen molar-refractivity contribution in [1.29, 1.82) is 0 Å². The zero-order chi connectivity index (χ0) is 15.0. The first-order valence-corrected chi connectivity index (χ1v) is 7.56. The fourth-order valence-corrected chi connectivity index (χ4v) is 2.98. The molecule has 5 nitrogen and oxygen atoms in total. The number of aromatic nitrogens is 2. The van der Waals surface area contributed by atoms with E-state index < -0.39 is 0 Å². The number of nitrogens with two attached hydrogens (primary N) is 1. The molecule has 2 aromatic heterocycles. The fourth-order valence-electron chi connectivity index (χ4n) is 2.21. The van der Waals surface area contributed by atoms with Crippen LogP contribution in [0.5, 0.6) is 0 Å². The van der Waals surface area contributed by atoms with E-state index in [-0.39, 0.29) is 17.5 Å². The van der Waals surface area contributed by atoms with E-state index in [4.69, 9.17) is 5.73 Å². The lowest BCUT2D eigenvalue weighted by atomic mass is 10.1. The summed E-state index contributed by atoms with van der Waals surface area (Å²) in [7, 11) is 0. The molecular weight excluding hydrogens is 284 g/mol. The summed E-state index contributed by atoms with van der Waals surface area (Å²) < 4.78 is 1.19. The van der Waals surface area contributed by atoms with Crippen LogP contribution in [0.3, 0.4) is 0 Å². The number of carbonyl (C=O) groups excluding carboxylic acids is 1. The van der Waals surface area contributed by atoms with Gasteiger partial charge in [0.15, 0.2) is 5.69 Å². The van der Waals surface area contributed by atoms with Crippen molar-refractivity contribution in [3.63, 3.8) is 0 Å². The van der Waals surface area contributed by atoms with Gasteiger partial charge in [-0.2, -0.15) is 5.10 Å². The van der Waals surface area contributed by atoms with Crippen LogP contribution in [0, 0.1) is 0 Å². The van der Waals surface area contributed by atoms with Crippen molar-refractivity contribution in [3.8, 4) is 0 Å². The minimum Gasteiger partial charge on any atom is -0.395 e. The Morgan fingerprint density at radius 2 is 2.19 bits per heavy atom. The first-order valence-electron chi connectivity index (χ1n) is 6.68. The molecule has 0 bridgehead atoms. The number of aromatic amines is 1. The van der Waals surface area contributed by atoms with Gasteiger partial charge in [-0.05, 0) is 40.9 Å². The predicted molar refractivity (Wildman–Crippen MR) is 86.9 cm³/mol. The molecule has 108 valence electrons. The Morgan fingerprint density at radius 1 is 1.38 bits per heavy atom. The van der Waals surface area contributed by atoms with Gasteiger partial charge < -0.3 is 11.1 Å². The van der Waals surface area contributed by atoms with Gasteiger partial charge in [0.1, 0.15) is 0 Å². The first-order chi connectivity index (χ1) is 10.1. The summed E-state index contributed by atoms with van der Waals surface area (Å²) in [5, 5.41) is 12.8. The number of carbonyl (C=O) groups is 1. The third-order valence-electron chi connectivity index (χ3n) is 3.34. The fraction of sp³-hybridized carbons (Fsp3) is 0.200. The van der Waals surface area contributed by atoms with Crippen molar-refractivity contribution >= 4 is 38.7 Å². The molecule has 1 aromatic carbocycles. The van der Waals surface area contributed by atoms with Gasteiger partial charge >= 0.3 is 0 Å². The molecule has 3 aromatic rings. The Kier molecular flexibility index (Phi) is 3.39. The molecular formula is C15H16N4OS. The number of nitrogens with one attached hydrogen (secondary N) is 2. The van der Waals surface area contributed by atoms with Crippen molar-refractivity contribution in [3.05, 3.63) is 41.0 Å². The summed E-state index contributed by atoms with van der Waals surface area (Å²) >= 11 is 1.67. The summed E-state index contributed by atoms with van der Waals surface area (Å²) in [5.41, 5.74) is 8.16. The van der Waals surface area contributed by atoms with Crippen LogP contribution in [0.4, 0.5) is 11.4 Å². The van der Waals surface area contributed by atoms with Gasteiger partial charge in [0, 0.05) is 10.4 Å². The standard InChI is InChI=1S/C15H16N4OS/c1-8(2)13-12(16)14(19-18-13)15(20)17-10-3-4-11-9(7-10)5-6-21-11/h3-8H,16H2,1-2H3,(H,17,20)(H,18,19). The number of anilines is 2. The van der Waals surface area contributed by atoms with Gasteiger partial charge in [0.25, 0.3) is 5.91 Å². The van der Waals surface area contributed by atoms with Crippen LogP contribution >= 0.6 is 11.3 Å². The van der Waals surface area contributed by atoms with Gasteiger partial charge in [-0.25, -0.2) is 0 Å². The molecule has 3 rings (SSSR count). The average molecular weight is 300 g/mol. The summed E-state index contributed by atoms with van der Waals surface area (Å²) in [5.74, 6) is -0.105. The molecule has 0 fully saturated rings. The summed E-state index contributed by atoms with van der Waals surface area (Å²) in [6, 6.07) is 7.83. The van der Waals surface area contributed by atoms with Crippen molar-refractivity contribution < 1.29 is 4.79 Å². The topological polar surface area (TPSA) is 83.8 Å². The lowest BCUT2D eigenvalue weighted by Crippen LogP contribution is -2.14. The first kappa shape index (κ1) is 13.6. The third kappa shape index (κ3) is 2.50. The number of benzene rings is 1. The third-order valence-corrected chi connectivity index (χ3v) is 4.23. The summed E-state index contributed by atoms with van der Waals surface area (Å²) in [6.45, 7) is 3.99. The quantitative estimate of drug-likeness (QED) is 0.691. The predicted octanol–water partition coefficient (Wildman–Crippen LogP) is 3.58. The molecule has 0 aliphatic heterocycles. The Balaban J connectivity index is 1.85. The molecule has 6 heteroatoms. The average Bonchev–Trinajstić information content (AvgIpc) is 3.04. The SMILES string of the molecule is CC(C)c1[nH]nc(C(=O)Nc2ccc3sccc3c2)c1N. The van der Waals surface area contributed by atoms with Crippen molar-refractivity contribution in [2.75, 3.05) is 11.1 Å². The second-order valence-electron chi connectivity index (χ2n) is 5.18. The number of hydrogen-bond donors (Lipinski definition) is 3. The van der Waals surface area contributed by atoms with E-state index in [0.29, 0.717) is 5.69 Å². The molecule has 0 unspecified atom stereocenters. The number of H-pyrrole nitrogens is 1. The zero-order valence-corrected chi connectivity index (χ0v) is 12.6. The van der Waals surface area contributed by atoms with Crippen molar-refractivity contribution in [2.24, 2.45) is 0 Å². The number of fused-ring (bicyclic) bond motifs is 1. The minimum absolute atomic E-state index is 0.196. The van der Waals surface area contributed by atoms with Crippen molar-refractivity contribution in [2.45, 2.75) is 19.8 Å². The van der Waals surface area contributed by atoms with Gasteiger partial charge in [-0.1, -0.05) is 13.8 Å². The molecule has 0 spiro atoms. The van der Waals surface area contributed by atoms with Crippen LogP contribution < -0.4 is 11.1 Å². The second-order valence-corrected chi connectivity index (χ2v) is 6.13. The molecule has 4 N–H and O–H groups in total. The van der Waals surface area contributed by atoms with Crippen LogP contribution in [0.15, 0.2) is 29.6 Å². The molecule has 0 saturated carbocycles. The number of amides is 1. The lowest BCUT2D eigenvalue weighted by Gasteiger charge is -2.05. The van der Waals surface area contributed by atoms with Crippen LogP contribution in [0.1, 0.15) is 35.9 Å². The maximum absolute atomic E-state index is 12.3. The van der Waals surface area contributed by atoms with Crippen LogP contribution in [-0.4, -0.2) is 16.1 Å². The maximum Gasteiger partial charge on any atom is 0.278 e. The zero-order valence-electron chi connectivity index (χ0n) is 11.8. The number of hydrogen-bond acceptors (Lipinski definition) is 4. The van der Waals surface area contributed by atoms with Crippen molar-refractivity contribution in [1.82, 2.24) is 10.2 Å². The van der Waals surface area contributed by atoms with E-state index in [2.05, 4.69) is 15.5 Å². The minimum atomic E-state index is -0.301. The van der Waals surface area contributed by atoms with Gasteiger partial charge in [0.2, 0.25) is 0 Å². The van der Waals surface area contributed by atoms with Gasteiger partial charge in [-0.3, -0.25) is 9.89 Å². The highest BCUT2D eigenvalue weighted by molar-refractivity contribution is 7.17. The summed E-state index contributed by atoms with van der Waals surface area (Å²) in [4.78, 5) is 12.3. The van der Waals surface area contributed by atoms with E-state index in [9.17, 15) is 4.79 Å². The number of nitrogens with zero attached hydrogens (tertiary/aromatic N) is 1. The Morgan fingerprint density at radius 3 is 2.90 bits per heavy atom. The van der Waals surface area contributed by atoms with E-state index in [0.717, 1.165) is 16.8 Å². The Labute approximate surface area is 126 Å². The largest absolute Gasteiger partial charge is 0.395 e. The van der Waals surface area contributed by atoms with Crippen LogP contribution in [0.25, 0.3) is 10.1 Å². The molecule has 0 atom stereocenters. The second kappa shape index (κ2) is 5.21. The molecule has 0 aliphatic rings. The number of thiophene rings is 1. The van der Waals surface area contributed by atoms with E-state index in [1.54, 1.807) is 11.3 Å². The normalized spacial score (nSPS) is 11.2. The molecule has 21 heavy (non-hydrogen) atoms. The maximum atomic E-state index is 12.3. The Hall–Kier alpha value is -2.34. The molecule has 1 amide bonds. The highest BCUT2D eigenvalue weighted by atomic mass is 32.1.